The average Bonchev–Trinajstić information content (AvgIpc) is 2.30. The Balaban J connectivity index is 1.87. The molecule has 0 amide bonds. The van der Waals surface area contributed by atoms with E-state index in [1.165, 1.54) is 38.5 Å². The number of hydrogen-bond donors (Lipinski definition) is 1. The summed E-state index contributed by atoms with van der Waals surface area (Å²) in [5, 5.41) is 3.65. The Bertz CT molecular complexity index is 407. The molecule has 1 N–H and O–H groups in total. The number of benzene rings is 1. The molecule has 2 nitrogen and oxygen atoms in total. The average molecular weight is 296 g/mol. The lowest BCUT2D eigenvalue weighted by molar-refractivity contribution is 0.142. The molecule has 2 unspecified atom stereocenters. The number of rotatable bonds is 0. The summed E-state index contributed by atoms with van der Waals surface area (Å²) in [4.78, 5) is 0. The van der Waals surface area contributed by atoms with Crippen LogP contribution in [0.25, 0.3) is 0 Å². The molecular formula is C14H18BrNO. The first-order valence-electron chi connectivity index (χ1n) is 6.56. The Morgan fingerprint density at radius 3 is 2.82 bits per heavy atom. The van der Waals surface area contributed by atoms with Gasteiger partial charge >= 0.3 is 0 Å². The number of anilines is 1. The molecule has 0 aromatic heterocycles. The van der Waals surface area contributed by atoms with E-state index in [9.17, 15) is 0 Å². The van der Waals surface area contributed by atoms with Crippen molar-refractivity contribution in [2.24, 2.45) is 0 Å². The van der Waals surface area contributed by atoms with Crippen molar-refractivity contribution in [2.75, 3.05) is 5.32 Å². The first-order chi connectivity index (χ1) is 8.34. The van der Waals surface area contributed by atoms with Crippen LogP contribution in [0.3, 0.4) is 0 Å². The minimum atomic E-state index is 0.349. The van der Waals surface area contributed by atoms with Gasteiger partial charge in [0.25, 0.3) is 0 Å². The standard InChI is InChI=1S/C14H18BrNO/c15-10-6-5-8-12-14(10)17-13-9-4-2-1-3-7-11(13)16-12/h5-6,8,11,13,16H,1-4,7,9H2. The third kappa shape index (κ3) is 2.30. The highest BCUT2D eigenvalue weighted by Gasteiger charge is 2.30. The monoisotopic (exact) mass is 295 g/mol. The molecule has 2 atom stereocenters. The molecule has 0 spiro atoms. The summed E-state index contributed by atoms with van der Waals surface area (Å²) < 4.78 is 7.25. The second kappa shape index (κ2) is 4.89. The van der Waals surface area contributed by atoms with Crippen LogP contribution in [0.5, 0.6) is 5.75 Å². The molecule has 3 rings (SSSR count). The van der Waals surface area contributed by atoms with Gasteiger partial charge in [0, 0.05) is 0 Å². The van der Waals surface area contributed by atoms with Crippen LogP contribution in [-0.2, 0) is 0 Å². The highest BCUT2D eigenvalue weighted by Crippen LogP contribution is 2.40. The normalized spacial score (nSPS) is 27.8. The van der Waals surface area contributed by atoms with Gasteiger partial charge in [-0.2, -0.15) is 0 Å². The Labute approximate surface area is 111 Å². The maximum Gasteiger partial charge on any atom is 0.157 e. The van der Waals surface area contributed by atoms with Crippen molar-refractivity contribution in [3.8, 4) is 5.75 Å². The number of fused-ring (bicyclic) bond motifs is 2. The molecule has 3 heteroatoms. The summed E-state index contributed by atoms with van der Waals surface area (Å²) in [5.41, 5.74) is 1.14. The highest BCUT2D eigenvalue weighted by atomic mass is 79.9. The summed E-state index contributed by atoms with van der Waals surface area (Å²) in [5.74, 6) is 0.995. The number of nitrogens with one attached hydrogen (secondary N) is 1. The first kappa shape index (κ1) is 11.4. The molecule has 17 heavy (non-hydrogen) atoms. The Hall–Kier alpha value is -0.700. The van der Waals surface area contributed by atoms with Crippen molar-refractivity contribution < 1.29 is 4.74 Å². The van der Waals surface area contributed by atoms with Gasteiger partial charge in [0.05, 0.1) is 16.2 Å². The van der Waals surface area contributed by atoms with Gasteiger partial charge < -0.3 is 10.1 Å². The molecule has 1 aromatic rings. The van der Waals surface area contributed by atoms with E-state index in [-0.39, 0.29) is 0 Å². The summed E-state index contributed by atoms with van der Waals surface area (Å²) >= 11 is 3.57. The fraction of sp³-hybridized carbons (Fsp3) is 0.571. The maximum atomic E-state index is 6.19. The van der Waals surface area contributed by atoms with Crippen LogP contribution in [-0.4, -0.2) is 12.1 Å². The van der Waals surface area contributed by atoms with E-state index in [2.05, 4.69) is 33.4 Å². The van der Waals surface area contributed by atoms with E-state index in [1.54, 1.807) is 0 Å². The van der Waals surface area contributed by atoms with Gasteiger partial charge in [-0.1, -0.05) is 25.3 Å². The number of halogens is 1. The van der Waals surface area contributed by atoms with Gasteiger partial charge in [-0.3, -0.25) is 0 Å². The van der Waals surface area contributed by atoms with Crippen molar-refractivity contribution in [2.45, 2.75) is 50.7 Å². The quantitative estimate of drug-likeness (QED) is 0.768. The number of para-hydroxylation sites is 1. The first-order valence-corrected chi connectivity index (χ1v) is 7.35. The van der Waals surface area contributed by atoms with E-state index >= 15 is 0 Å². The van der Waals surface area contributed by atoms with E-state index in [4.69, 9.17) is 4.74 Å². The largest absolute Gasteiger partial charge is 0.485 e. The molecule has 2 aliphatic rings. The topological polar surface area (TPSA) is 21.3 Å². The van der Waals surface area contributed by atoms with Crippen molar-refractivity contribution in [3.63, 3.8) is 0 Å². The fourth-order valence-corrected chi connectivity index (χ4v) is 3.31. The molecule has 1 aliphatic carbocycles. The molecule has 1 heterocycles. The molecule has 1 aliphatic heterocycles. The second-order valence-electron chi connectivity index (χ2n) is 5.02. The lowest BCUT2D eigenvalue weighted by atomic mass is 9.93. The zero-order valence-corrected chi connectivity index (χ0v) is 11.5. The lowest BCUT2D eigenvalue weighted by Gasteiger charge is -2.36. The third-order valence-electron chi connectivity index (χ3n) is 3.78. The SMILES string of the molecule is Brc1cccc2c1OC1CCCCCCC1N2. The van der Waals surface area contributed by atoms with E-state index in [0.29, 0.717) is 12.1 Å². The Morgan fingerprint density at radius 2 is 1.94 bits per heavy atom. The molecule has 92 valence electrons. The van der Waals surface area contributed by atoms with Crippen LogP contribution < -0.4 is 10.1 Å². The number of ether oxygens (including phenoxy) is 1. The molecule has 0 saturated heterocycles. The van der Waals surface area contributed by atoms with Gasteiger partial charge in [-0.15, -0.1) is 0 Å². The van der Waals surface area contributed by atoms with Crippen molar-refractivity contribution in [3.05, 3.63) is 22.7 Å². The van der Waals surface area contributed by atoms with E-state index in [0.717, 1.165) is 15.9 Å². The Morgan fingerprint density at radius 1 is 1.12 bits per heavy atom. The molecule has 1 fully saturated rings. The molecular weight excluding hydrogens is 278 g/mol. The molecule has 1 aromatic carbocycles. The summed E-state index contributed by atoms with van der Waals surface area (Å²) in [6, 6.07) is 6.71. The molecule has 0 bridgehead atoms. The van der Waals surface area contributed by atoms with Crippen molar-refractivity contribution >= 4 is 21.6 Å². The van der Waals surface area contributed by atoms with E-state index < -0.39 is 0 Å². The van der Waals surface area contributed by atoms with Gasteiger partial charge in [0.1, 0.15) is 6.10 Å². The maximum absolute atomic E-state index is 6.19. The van der Waals surface area contributed by atoms with Crippen LogP contribution in [0.4, 0.5) is 5.69 Å². The van der Waals surface area contributed by atoms with Gasteiger partial charge in [0.2, 0.25) is 0 Å². The van der Waals surface area contributed by atoms with Crippen LogP contribution in [0, 0.1) is 0 Å². The van der Waals surface area contributed by atoms with E-state index in [1.807, 2.05) is 6.07 Å². The van der Waals surface area contributed by atoms with Crippen LogP contribution in [0.15, 0.2) is 22.7 Å². The fourth-order valence-electron chi connectivity index (χ4n) is 2.85. The predicted octanol–water partition coefficient (Wildman–Crippen LogP) is 4.34. The minimum absolute atomic E-state index is 0.349. The van der Waals surface area contributed by atoms with Gasteiger partial charge in [0.15, 0.2) is 5.75 Å². The van der Waals surface area contributed by atoms with Crippen LogP contribution in [0.1, 0.15) is 38.5 Å². The molecule has 0 radical (unpaired) electrons. The zero-order chi connectivity index (χ0) is 11.7. The zero-order valence-electron chi connectivity index (χ0n) is 9.92. The lowest BCUT2D eigenvalue weighted by Crippen LogP contribution is -2.42. The molecule has 1 saturated carbocycles. The highest BCUT2D eigenvalue weighted by molar-refractivity contribution is 9.10. The van der Waals surface area contributed by atoms with Gasteiger partial charge in [-0.05, 0) is 47.3 Å². The summed E-state index contributed by atoms with van der Waals surface area (Å²) in [6.45, 7) is 0. The van der Waals surface area contributed by atoms with Gasteiger partial charge in [-0.25, -0.2) is 0 Å². The Kier molecular flexibility index (Phi) is 3.28. The summed E-state index contributed by atoms with van der Waals surface area (Å²) in [6.07, 6.45) is 8.10. The van der Waals surface area contributed by atoms with Crippen molar-refractivity contribution in [1.82, 2.24) is 0 Å². The van der Waals surface area contributed by atoms with Crippen molar-refractivity contribution in [1.29, 1.82) is 0 Å². The smallest absolute Gasteiger partial charge is 0.157 e. The van der Waals surface area contributed by atoms with Crippen LogP contribution >= 0.6 is 15.9 Å². The second-order valence-corrected chi connectivity index (χ2v) is 5.87. The minimum Gasteiger partial charge on any atom is -0.485 e. The summed E-state index contributed by atoms with van der Waals surface area (Å²) in [7, 11) is 0. The van der Waals surface area contributed by atoms with Crippen LogP contribution in [0.2, 0.25) is 0 Å². The number of hydrogen-bond acceptors (Lipinski definition) is 2. The third-order valence-corrected chi connectivity index (χ3v) is 4.40. The predicted molar refractivity (Wildman–Crippen MR) is 73.7 cm³/mol.